The third-order valence-electron chi connectivity index (χ3n) is 3.78. The van der Waals surface area contributed by atoms with Gasteiger partial charge in [0.05, 0.1) is 11.9 Å². The van der Waals surface area contributed by atoms with Gasteiger partial charge >= 0.3 is 0 Å². The van der Waals surface area contributed by atoms with Gasteiger partial charge in [0, 0.05) is 31.9 Å². The molecule has 0 spiro atoms. The standard InChI is InChI=1S/C18H23N3O3S/c1-14-6-7-17(15(2)11-14)21(25(3,23)24)10-8-18(22)20-13-16-5-4-9-19-12-16/h4-7,9,11-12H,8,10,13H2,1-3H3,(H,20,22). The van der Waals surface area contributed by atoms with Gasteiger partial charge in [0.2, 0.25) is 15.9 Å². The lowest BCUT2D eigenvalue weighted by atomic mass is 10.1. The van der Waals surface area contributed by atoms with Crippen molar-refractivity contribution in [2.24, 2.45) is 0 Å². The second-order valence-electron chi connectivity index (χ2n) is 6.01. The number of carbonyl (C=O) groups is 1. The Kier molecular flexibility index (Phi) is 6.14. The predicted molar refractivity (Wildman–Crippen MR) is 98.8 cm³/mol. The molecule has 0 atom stereocenters. The zero-order valence-corrected chi connectivity index (χ0v) is 15.5. The van der Waals surface area contributed by atoms with Crippen molar-refractivity contribution in [3.05, 3.63) is 59.4 Å². The molecule has 2 aromatic rings. The molecule has 1 aromatic carbocycles. The van der Waals surface area contributed by atoms with Gasteiger partial charge in [0.15, 0.2) is 0 Å². The van der Waals surface area contributed by atoms with Crippen LogP contribution in [0.3, 0.4) is 0 Å². The molecule has 1 N–H and O–H groups in total. The number of hydrogen-bond acceptors (Lipinski definition) is 4. The molecule has 2 rings (SSSR count). The van der Waals surface area contributed by atoms with E-state index in [1.165, 1.54) is 4.31 Å². The average Bonchev–Trinajstić information content (AvgIpc) is 2.54. The van der Waals surface area contributed by atoms with Gasteiger partial charge in [0.1, 0.15) is 0 Å². The van der Waals surface area contributed by atoms with Crippen molar-refractivity contribution in [2.75, 3.05) is 17.1 Å². The van der Waals surface area contributed by atoms with E-state index in [2.05, 4.69) is 10.3 Å². The van der Waals surface area contributed by atoms with Crippen LogP contribution < -0.4 is 9.62 Å². The number of nitrogens with one attached hydrogen (secondary N) is 1. The maximum Gasteiger partial charge on any atom is 0.232 e. The van der Waals surface area contributed by atoms with E-state index >= 15 is 0 Å². The Morgan fingerprint density at radius 3 is 2.60 bits per heavy atom. The summed E-state index contributed by atoms with van der Waals surface area (Å²) in [7, 11) is -3.47. The Morgan fingerprint density at radius 2 is 2.00 bits per heavy atom. The number of carbonyl (C=O) groups excluding carboxylic acids is 1. The van der Waals surface area contributed by atoms with Crippen LogP contribution in [0.4, 0.5) is 5.69 Å². The topological polar surface area (TPSA) is 79.4 Å². The minimum atomic E-state index is -3.47. The molecule has 0 aliphatic heterocycles. The number of pyridine rings is 1. The minimum Gasteiger partial charge on any atom is -0.352 e. The number of aryl methyl sites for hydroxylation is 2. The molecule has 1 heterocycles. The predicted octanol–water partition coefficient (Wildman–Crippen LogP) is 2.17. The maximum absolute atomic E-state index is 12.1. The zero-order chi connectivity index (χ0) is 18.4. The van der Waals surface area contributed by atoms with Crippen molar-refractivity contribution < 1.29 is 13.2 Å². The fourth-order valence-electron chi connectivity index (χ4n) is 2.54. The molecule has 1 aromatic heterocycles. The van der Waals surface area contributed by atoms with Crippen LogP contribution in [0.1, 0.15) is 23.1 Å². The second kappa shape index (κ2) is 8.11. The molecule has 0 bridgehead atoms. The molecular formula is C18H23N3O3S. The summed E-state index contributed by atoms with van der Waals surface area (Å²) in [5.41, 5.74) is 3.42. The van der Waals surface area contributed by atoms with Crippen LogP contribution in [0.2, 0.25) is 0 Å². The van der Waals surface area contributed by atoms with Gasteiger partial charge in [-0.2, -0.15) is 0 Å². The largest absolute Gasteiger partial charge is 0.352 e. The first-order chi connectivity index (χ1) is 11.8. The highest BCUT2D eigenvalue weighted by molar-refractivity contribution is 7.92. The highest BCUT2D eigenvalue weighted by Gasteiger charge is 2.20. The molecule has 134 valence electrons. The van der Waals surface area contributed by atoms with Crippen LogP contribution in [0.25, 0.3) is 0 Å². The van der Waals surface area contributed by atoms with Crippen LogP contribution >= 0.6 is 0 Å². The molecule has 0 fully saturated rings. The summed E-state index contributed by atoms with van der Waals surface area (Å²) in [6, 6.07) is 9.23. The number of nitrogens with zero attached hydrogens (tertiary/aromatic N) is 2. The Labute approximate surface area is 148 Å². The normalized spacial score (nSPS) is 11.2. The molecule has 0 saturated carbocycles. The molecule has 0 unspecified atom stereocenters. The minimum absolute atomic E-state index is 0.0840. The Bertz CT molecular complexity index is 836. The van der Waals surface area contributed by atoms with Crippen molar-refractivity contribution in [2.45, 2.75) is 26.8 Å². The molecule has 1 amide bonds. The van der Waals surface area contributed by atoms with E-state index in [4.69, 9.17) is 0 Å². The van der Waals surface area contributed by atoms with Crippen molar-refractivity contribution in [1.29, 1.82) is 0 Å². The van der Waals surface area contributed by atoms with Crippen LogP contribution in [-0.2, 0) is 21.4 Å². The number of benzene rings is 1. The van der Waals surface area contributed by atoms with Crippen LogP contribution in [0.15, 0.2) is 42.7 Å². The lowest BCUT2D eigenvalue weighted by Gasteiger charge is -2.24. The van der Waals surface area contributed by atoms with Gasteiger partial charge in [-0.1, -0.05) is 23.8 Å². The molecule has 7 heteroatoms. The van der Waals surface area contributed by atoms with E-state index in [0.717, 1.165) is 22.9 Å². The van der Waals surface area contributed by atoms with E-state index < -0.39 is 10.0 Å². The first-order valence-electron chi connectivity index (χ1n) is 7.98. The lowest BCUT2D eigenvalue weighted by Crippen LogP contribution is -2.35. The Morgan fingerprint density at radius 1 is 1.24 bits per heavy atom. The van der Waals surface area contributed by atoms with Gasteiger partial charge in [-0.25, -0.2) is 8.42 Å². The molecule has 0 saturated heterocycles. The fourth-order valence-corrected chi connectivity index (χ4v) is 3.53. The third-order valence-corrected chi connectivity index (χ3v) is 4.96. The molecular weight excluding hydrogens is 338 g/mol. The Hall–Kier alpha value is -2.41. The number of aromatic nitrogens is 1. The lowest BCUT2D eigenvalue weighted by molar-refractivity contribution is -0.121. The summed E-state index contributed by atoms with van der Waals surface area (Å²) in [5.74, 6) is -0.206. The second-order valence-corrected chi connectivity index (χ2v) is 7.92. The number of rotatable bonds is 7. The van der Waals surface area contributed by atoms with Crippen LogP contribution in [0.5, 0.6) is 0 Å². The fraction of sp³-hybridized carbons (Fsp3) is 0.333. The van der Waals surface area contributed by atoms with E-state index in [1.54, 1.807) is 24.5 Å². The molecule has 0 radical (unpaired) electrons. The van der Waals surface area contributed by atoms with Gasteiger partial charge in [-0.3, -0.25) is 14.1 Å². The maximum atomic E-state index is 12.1. The number of sulfonamides is 1. The highest BCUT2D eigenvalue weighted by Crippen LogP contribution is 2.23. The summed E-state index contributed by atoms with van der Waals surface area (Å²) in [6.45, 7) is 4.28. The third kappa shape index (κ3) is 5.56. The summed E-state index contributed by atoms with van der Waals surface area (Å²) >= 11 is 0. The van der Waals surface area contributed by atoms with Crippen molar-refractivity contribution in [3.8, 4) is 0 Å². The number of amides is 1. The smallest absolute Gasteiger partial charge is 0.232 e. The van der Waals surface area contributed by atoms with E-state index in [9.17, 15) is 13.2 Å². The van der Waals surface area contributed by atoms with Gasteiger partial charge in [-0.05, 0) is 37.1 Å². The SMILES string of the molecule is Cc1ccc(N(CCC(=O)NCc2cccnc2)S(C)(=O)=O)c(C)c1. The van der Waals surface area contributed by atoms with Gasteiger partial charge < -0.3 is 5.32 Å². The number of hydrogen-bond donors (Lipinski definition) is 1. The van der Waals surface area contributed by atoms with E-state index in [1.807, 2.05) is 32.0 Å². The van der Waals surface area contributed by atoms with Gasteiger partial charge in [0.25, 0.3) is 0 Å². The van der Waals surface area contributed by atoms with Crippen molar-refractivity contribution >= 4 is 21.6 Å². The molecule has 25 heavy (non-hydrogen) atoms. The molecule has 0 aliphatic rings. The average molecular weight is 361 g/mol. The van der Waals surface area contributed by atoms with Crippen LogP contribution in [-0.4, -0.2) is 32.1 Å². The first-order valence-corrected chi connectivity index (χ1v) is 9.83. The first kappa shape index (κ1) is 18.9. The van der Waals surface area contributed by atoms with Crippen molar-refractivity contribution in [1.82, 2.24) is 10.3 Å². The monoisotopic (exact) mass is 361 g/mol. The zero-order valence-electron chi connectivity index (χ0n) is 14.7. The van der Waals surface area contributed by atoms with E-state index in [0.29, 0.717) is 12.2 Å². The quantitative estimate of drug-likeness (QED) is 0.820. The number of anilines is 1. The molecule has 6 nitrogen and oxygen atoms in total. The van der Waals surface area contributed by atoms with E-state index in [-0.39, 0.29) is 18.9 Å². The summed E-state index contributed by atoms with van der Waals surface area (Å²) in [4.78, 5) is 16.1. The Balaban J connectivity index is 2.02. The summed E-state index contributed by atoms with van der Waals surface area (Å²) in [6.07, 6.45) is 4.58. The summed E-state index contributed by atoms with van der Waals surface area (Å²) in [5, 5.41) is 2.78. The summed E-state index contributed by atoms with van der Waals surface area (Å²) < 4.78 is 25.6. The van der Waals surface area contributed by atoms with Crippen LogP contribution in [0, 0.1) is 13.8 Å². The van der Waals surface area contributed by atoms with Gasteiger partial charge in [-0.15, -0.1) is 0 Å². The highest BCUT2D eigenvalue weighted by atomic mass is 32.2. The molecule has 0 aliphatic carbocycles. The van der Waals surface area contributed by atoms with Crippen molar-refractivity contribution in [3.63, 3.8) is 0 Å².